The normalized spacial score (nSPS) is 16.3. The van der Waals surface area contributed by atoms with Gasteiger partial charge in [-0.05, 0) is 35.0 Å². The zero-order valence-corrected chi connectivity index (χ0v) is 17.4. The third kappa shape index (κ3) is 3.78. The molecule has 0 saturated carbocycles. The first-order valence-corrected chi connectivity index (χ1v) is 11.5. The number of hydrogen-bond donors (Lipinski definition) is 0. The van der Waals surface area contributed by atoms with Crippen molar-refractivity contribution in [3.8, 4) is 10.8 Å². The van der Waals surface area contributed by atoms with E-state index in [0.717, 1.165) is 21.2 Å². The SMILES string of the molecule is O=C(CSc1nnc(-c2cccs2)o1)N1N=C(c2cccs2)CC1c1ccco1. The molecule has 0 aromatic carbocycles. The second-order valence-corrected chi connectivity index (χ2v) is 8.96. The van der Waals surface area contributed by atoms with Crippen LogP contribution in [0.25, 0.3) is 10.8 Å². The number of carbonyl (C=O) groups is 1. The number of nitrogens with zero attached hydrogens (tertiary/aromatic N) is 4. The van der Waals surface area contributed by atoms with E-state index in [1.165, 1.54) is 28.1 Å². The van der Waals surface area contributed by atoms with Crippen LogP contribution in [0.5, 0.6) is 0 Å². The molecule has 4 aromatic heterocycles. The van der Waals surface area contributed by atoms with Gasteiger partial charge in [-0.15, -0.1) is 32.9 Å². The lowest BCUT2D eigenvalue weighted by Crippen LogP contribution is -2.28. The van der Waals surface area contributed by atoms with Crippen molar-refractivity contribution in [2.24, 2.45) is 5.10 Å². The van der Waals surface area contributed by atoms with Crippen molar-refractivity contribution in [2.45, 2.75) is 17.7 Å². The number of hydrogen-bond acceptors (Lipinski definition) is 9. The molecule has 1 unspecified atom stereocenters. The maximum atomic E-state index is 12.9. The highest BCUT2D eigenvalue weighted by Crippen LogP contribution is 2.35. The van der Waals surface area contributed by atoms with Crippen molar-refractivity contribution in [1.82, 2.24) is 15.2 Å². The van der Waals surface area contributed by atoms with Crippen molar-refractivity contribution in [2.75, 3.05) is 5.75 Å². The van der Waals surface area contributed by atoms with Gasteiger partial charge in [0.25, 0.3) is 17.0 Å². The Bertz CT molecular complexity index is 1120. The zero-order chi connectivity index (χ0) is 19.6. The molecule has 5 rings (SSSR count). The first-order valence-electron chi connectivity index (χ1n) is 8.75. The van der Waals surface area contributed by atoms with Gasteiger partial charge in [0, 0.05) is 6.42 Å². The van der Waals surface area contributed by atoms with E-state index in [2.05, 4.69) is 15.3 Å². The van der Waals surface area contributed by atoms with Gasteiger partial charge in [-0.2, -0.15) is 5.10 Å². The average molecular weight is 443 g/mol. The number of hydrazone groups is 1. The summed E-state index contributed by atoms with van der Waals surface area (Å²) in [5.74, 6) is 1.18. The van der Waals surface area contributed by atoms with Gasteiger partial charge in [-0.3, -0.25) is 4.79 Å². The predicted octanol–water partition coefficient (Wildman–Crippen LogP) is 4.92. The van der Waals surface area contributed by atoms with Gasteiger partial charge in [0.05, 0.1) is 27.5 Å². The minimum Gasteiger partial charge on any atom is -0.467 e. The molecule has 29 heavy (non-hydrogen) atoms. The first-order chi connectivity index (χ1) is 14.3. The van der Waals surface area contributed by atoms with Crippen LogP contribution in [0.2, 0.25) is 0 Å². The molecule has 5 heterocycles. The molecule has 1 amide bonds. The van der Waals surface area contributed by atoms with Crippen LogP contribution < -0.4 is 0 Å². The number of thiophene rings is 2. The summed E-state index contributed by atoms with van der Waals surface area (Å²) in [6.45, 7) is 0. The van der Waals surface area contributed by atoms with Gasteiger partial charge in [-0.25, -0.2) is 5.01 Å². The molecule has 1 atom stereocenters. The molecule has 0 bridgehead atoms. The van der Waals surface area contributed by atoms with Crippen molar-refractivity contribution >= 4 is 46.1 Å². The summed E-state index contributed by atoms with van der Waals surface area (Å²) in [6.07, 6.45) is 2.23. The van der Waals surface area contributed by atoms with Crippen molar-refractivity contribution in [1.29, 1.82) is 0 Å². The molecule has 10 heteroatoms. The second-order valence-electron chi connectivity index (χ2n) is 6.14. The molecule has 0 saturated heterocycles. The smallest absolute Gasteiger partial charge is 0.277 e. The predicted molar refractivity (Wildman–Crippen MR) is 112 cm³/mol. The summed E-state index contributed by atoms with van der Waals surface area (Å²) in [6, 6.07) is 11.3. The Labute approximate surface area is 178 Å². The summed E-state index contributed by atoms with van der Waals surface area (Å²) in [5.41, 5.74) is 0.887. The Kier molecular flexibility index (Phi) is 5.04. The fourth-order valence-electron chi connectivity index (χ4n) is 2.99. The van der Waals surface area contributed by atoms with Crippen molar-refractivity contribution in [3.05, 3.63) is 64.1 Å². The maximum Gasteiger partial charge on any atom is 0.277 e. The lowest BCUT2D eigenvalue weighted by Gasteiger charge is -2.19. The number of thioether (sulfide) groups is 1. The largest absolute Gasteiger partial charge is 0.467 e. The van der Waals surface area contributed by atoms with Gasteiger partial charge in [-0.1, -0.05) is 23.9 Å². The van der Waals surface area contributed by atoms with Gasteiger partial charge < -0.3 is 8.83 Å². The van der Waals surface area contributed by atoms with E-state index >= 15 is 0 Å². The van der Waals surface area contributed by atoms with Crippen LogP contribution in [0, 0.1) is 0 Å². The Balaban J connectivity index is 1.31. The van der Waals surface area contributed by atoms with Gasteiger partial charge >= 0.3 is 0 Å². The van der Waals surface area contributed by atoms with Crippen LogP contribution in [0.3, 0.4) is 0 Å². The Morgan fingerprint density at radius 1 is 1.14 bits per heavy atom. The van der Waals surface area contributed by atoms with E-state index < -0.39 is 0 Å². The number of rotatable bonds is 6. The van der Waals surface area contributed by atoms with Crippen LogP contribution >= 0.6 is 34.4 Å². The van der Waals surface area contributed by atoms with Gasteiger partial charge in [0.1, 0.15) is 11.8 Å². The lowest BCUT2D eigenvalue weighted by atomic mass is 10.1. The number of furan rings is 1. The summed E-state index contributed by atoms with van der Waals surface area (Å²) in [7, 11) is 0. The highest BCUT2D eigenvalue weighted by molar-refractivity contribution is 7.99. The van der Waals surface area contributed by atoms with Gasteiger partial charge in [0.15, 0.2) is 0 Å². The van der Waals surface area contributed by atoms with Gasteiger partial charge in [0.2, 0.25) is 0 Å². The third-order valence-electron chi connectivity index (χ3n) is 4.30. The number of carbonyl (C=O) groups excluding carboxylic acids is 1. The minimum atomic E-state index is -0.250. The van der Waals surface area contributed by atoms with Crippen LogP contribution in [0.4, 0.5) is 0 Å². The van der Waals surface area contributed by atoms with Crippen LogP contribution in [-0.4, -0.2) is 32.6 Å². The minimum absolute atomic E-state index is 0.140. The topological polar surface area (TPSA) is 84.7 Å². The Morgan fingerprint density at radius 3 is 2.69 bits per heavy atom. The molecule has 1 aliphatic heterocycles. The molecular weight excluding hydrogens is 428 g/mol. The summed E-state index contributed by atoms with van der Waals surface area (Å²) < 4.78 is 11.2. The van der Waals surface area contributed by atoms with E-state index in [-0.39, 0.29) is 17.7 Å². The van der Waals surface area contributed by atoms with E-state index in [4.69, 9.17) is 8.83 Å². The summed E-state index contributed by atoms with van der Waals surface area (Å²) in [5, 5.41) is 18.5. The summed E-state index contributed by atoms with van der Waals surface area (Å²) >= 11 is 4.34. The Hall–Kier alpha value is -2.69. The molecule has 0 fully saturated rings. The van der Waals surface area contributed by atoms with Crippen LogP contribution in [0.15, 0.2) is 72.6 Å². The molecule has 0 aliphatic carbocycles. The quantitative estimate of drug-likeness (QED) is 0.394. The number of amides is 1. The molecule has 7 nitrogen and oxygen atoms in total. The molecule has 4 aromatic rings. The molecule has 1 aliphatic rings. The van der Waals surface area contributed by atoms with Crippen LogP contribution in [-0.2, 0) is 4.79 Å². The standard InChI is InChI=1S/C19H14N4O3S3/c24-17(11-29-19-21-20-18(26-19)16-6-3-9-28-16)23-13(14-4-1-7-25-14)10-12(22-23)15-5-2-8-27-15/h1-9,13H,10-11H2. The van der Waals surface area contributed by atoms with E-state index in [1.54, 1.807) is 17.6 Å². The molecule has 0 spiro atoms. The fraction of sp³-hybridized carbons (Fsp3) is 0.158. The lowest BCUT2D eigenvalue weighted by molar-refractivity contribution is -0.130. The molecule has 0 N–H and O–H groups in total. The second kappa shape index (κ2) is 7.97. The van der Waals surface area contributed by atoms with E-state index in [1.807, 2.05) is 47.2 Å². The maximum absolute atomic E-state index is 12.9. The molecule has 146 valence electrons. The zero-order valence-electron chi connectivity index (χ0n) is 14.9. The molecule has 0 radical (unpaired) electrons. The van der Waals surface area contributed by atoms with Crippen molar-refractivity contribution < 1.29 is 13.6 Å². The fourth-order valence-corrected chi connectivity index (χ4v) is 4.97. The van der Waals surface area contributed by atoms with Crippen molar-refractivity contribution in [3.63, 3.8) is 0 Å². The summed E-state index contributed by atoms with van der Waals surface area (Å²) in [4.78, 5) is 14.9. The number of aromatic nitrogens is 2. The molecular formula is C19H14N4O3S3. The average Bonchev–Trinajstić information content (AvgIpc) is 3.56. The first kappa shape index (κ1) is 18.3. The van der Waals surface area contributed by atoms with E-state index in [0.29, 0.717) is 17.5 Å². The van der Waals surface area contributed by atoms with Crippen LogP contribution in [0.1, 0.15) is 23.1 Å². The third-order valence-corrected chi connectivity index (χ3v) is 6.88. The highest BCUT2D eigenvalue weighted by atomic mass is 32.2. The highest BCUT2D eigenvalue weighted by Gasteiger charge is 2.35. The van der Waals surface area contributed by atoms with E-state index in [9.17, 15) is 4.79 Å². The Morgan fingerprint density at radius 2 is 1.97 bits per heavy atom. The monoisotopic (exact) mass is 442 g/mol.